The van der Waals surface area contributed by atoms with E-state index in [1.54, 1.807) is 0 Å². The Morgan fingerprint density at radius 2 is 1.67 bits per heavy atom. The van der Waals surface area contributed by atoms with Crippen molar-refractivity contribution >= 4 is 11.9 Å². The van der Waals surface area contributed by atoms with Crippen LogP contribution in [0.25, 0.3) is 0 Å². The molecule has 0 aromatic heterocycles. The monoisotopic (exact) mass is 427 g/mol. The molecule has 6 nitrogen and oxygen atoms in total. The van der Waals surface area contributed by atoms with Crippen molar-refractivity contribution in [2.45, 2.75) is 32.5 Å². The number of nitrogens with one attached hydrogen (secondary N) is 1. The highest BCUT2D eigenvalue weighted by Crippen LogP contribution is 2.14. The zero-order chi connectivity index (χ0) is 22.6. The summed E-state index contributed by atoms with van der Waals surface area (Å²) >= 11 is 0. The number of aliphatic carboxylic acids is 2. The number of alkyl halides is 3. The Bertz CT molecular complexity index is 824. The van der Waals surface area contributed by atoms with E-state index in [0.717, 1.165) is 17.7 Å². The smallest absolute Gasteiger partial charge is 0.490 e. The summed E-state index contributed by atoms with van der Waals surface area (Å²) in [4.78, 5) is 19.4. The van der Waals surface area contributed by atoms with E-state index < -0.39 is 18.1 Å². The van der Waals surface area contributed by atoms with Crippen LogP contribution in [0.3, 0.4) is 0 Å². The van der Waals surface area contributed by atoms with Crippen molar-refractivity contribution in [2.75, 3.05) is 13.2 Å². The summed E-state index contributed by atoms with van der Waals surface area (Å²) in [5.74, 6) is -2.70. The second kappa shape index (κ2) is 12.5. The Hall–Kier alpha value is -3.07. The summed E-state index contributed by atoms with van der Waals surface area (Å²) in [6.07, 6.45) is -4.07. The average molecular weight is 427 g/mol. The number of benzene rings is 2. The summed E-state index contributed by atoms with van der Waals surface area (Å²) < 4.78 is 37.5. The van der Waals surface area contributed by atoms with Gasteiger partial charge in [-0.2, -0.15) is 13.2 Å². The molecule has 3 N–H and O–H groups in total. The second-order valence-electron chi connectivity index (χ2n) is 6.36. The molecule has 2 aromatic rings. The minimum Gasteiger partial charge on any atom is -0.493 e. The Balaban J connectivity index is 0.000000553. The molecule has 0 saturated carbocycles. The first-order valence-corrected chi connectivity index (χ1v) is 9.08. The largest absolute Gasteiger partial charge is 0.493 e. The lowest BCUT2D eigenvalue weighted by Gasteiger charge is -2.09. The first kappa shape index (κ1) is 25.0. The van der Waals surface area contributed by atoms with Gasteiger partial charge in [0.1, 0.15) is 5.75 Å². The predicted octanol–water partition coefficient (Wildman–Crippen LogP) is 3.81. The minimum atomic E-state index is -5.08. The molecule has 0 aliphatic rings. The first-order valence-electron chi connectivity index (χ1n) is 9.08. The molecule has 9 heteroatoms. The lowest BCUT2D eigenvalue weighted by molar-refractivity contribution is -0.192. The van der Waals surface area contributed by atoms with E-state index in [0.29, 0.717) is 19.7 Å². The molecule has 2 aromatic carbocycles. The fourth-order valence-corrected chi connectivity index (χ4v) is 2.33. The molecule has 2 rings (SSSR count). The van der Waals surface area contributed by atoms with Crippen LogP contribution in [0.2, 0.25) is 0 Å². The summed E-state index contributed by atoms with van der Waals surface area (Å²) in [6.45, 7) is 3.83. The van der Waals surface area contributed by atoms with Gasteiger partial charge in [-0.15, -0.1) is 0 Å². The van der Waals surface area contributed by atoms with Gasteiger partial charge in [0.05, 0.1) is 13.0 Å². The van der Waals surface area contributed by atoms with Gasteiger partial charge in [0.25, 0.3) is 0 Å². The molecule has 0 amide bonds. The van der Waals surface area contributed by atoms with Crippen molar-refractivity contribution in [1.82, 2.24) is 5.32 Å². The number of halogens is 3. The van der Waals surface area contributed by atoms with E-state index >= 15 is 0 Å². The van der Waals surface area contributed by atoms with Gasteiger partial charge in [0.2, 0.25) is 0 Å². The Morgan fingerprint density at radius 1 is 1.03 bits per heavy atom. The molecule has 0 fully saturated rings. The van der Waals surface area contributed by atoms with Crippen LogP contribution >= 0.6 is 0 Å². The second-order valence-corrected chi connectivity index (χ2v) is 6.36. The maximum absolute atomic E-state index is 10.6. The number of carboxylic acids is 2. The van der Waals surface area contributed by atoms with E-state index in [1.807, 2.05) is 24.3 Å². The summed E-state index contributed by atoms with van der Waals surface area (Å²) in [6, 6.07) is 16.3. The van der Waals surface area contributed by atoms with E-state index in [-0.39, 0.29) is 6.42 Å². The van der Waals surface area contributed by atoms with Crippen LogP contribution in [0.4, 0.5) is 13.2 Å². The quantitative estimate of drug-likeness (QED) is 0.527. The SMILES string of the molecule is Cc1cccc(CCOc2cccc(CNCCC(=O)O)c2)c1.O=C(O)C(F)(F)F. The third-order valence-electron chi connectivity index (χ3n) is 3.73. The number of rotatable bonds is 9. The number of carboxylic acid groups (broad SMARTS) is 2. The highest BCUT2D eigenvalue weighted by atomic mass is 19.4. The fourth-order valence-electron chi connectivity index (χ4n) is 2.33. The van der Waals surface area contributed by atoms with Crippen LogP contribution in [0.15, 0.2) is 48.5 Å². The van der Waals surface area contributed by atoms with Crippen LogP contribution in [0.1, 0.15) is 23.1 Å². The normalized spacial score (nSPS) is 10.7. The van der Waals surface area contributed by atoms with Gasteiger partial charge < -0.3 is 20.3 Å². The van der Waals surface area contributed by atoms with Gasteiger partial charge in [0, 0.05) is 19.5 Å². The minimum absolute atomic E-state index is 0.132. The molecule has 164 valence electrons. The van der Waals surface area contributed by atoms with Crippen LogP contribution in [-0.4, -0.2) is 41.5 Å². The van der Waals surface area contributed by atoms with Gasteiger partial charge in [-0.1, -0.05) is 42.0 Å². The third-order valence-corrected chi connectivity index (χ3v) is 3.73. The highest BCUT2D eigenvalue weighted by molar-refractivity contribution is 5.73. The zero-order valence-electron chi connectivity index (χ0n) is 16.4. The highest BCUT2D eigenvalue weighted by Gasteiger charge is 2.38. The first-order chi connectivity index (χ1) is 14.1. The van der Waals surface area contributed by atoms with Crippen LogP contribution in [0, 0.1) is 6.92 Å². The van der Waals surface area contributed by atoms with Gasteiger partial charge in [-0.05, 0) is 30.2 Å². The molecule has 0 heterocycles. The van der Waals surface area contributed by atoms with Crippen molar-refractivity contribution in [2.24, 2.45) is 0 Å². The van der Waals surface area contributed by atoms with Crippen molar-refractivity contribution in [3.8, 4) is 5.75 Å². The number of carbonyl (C=O) groups is 2. The lowest BCUT2D eigenvalue weighted by Crippen LogP contribution is -2.21. The Kier molecular flexibility index (Phi) is 10.4. The Morgan fingerprint density at radius 3 is 2.27 bits per heavy atom. The van der Waals surface area contributed by atoms with Crippen molar-refractivity contribution in [3.63, 3.8) is 0 Å². The van der Waals surface area contributed by atoms with Crippen molar-refractivity contribution in [3.05, 3.63) is 65.2 Å². The number of hydrogen-bond acceptors (Lipinski definition) is 4. The zero-order valence-corrected chi connectivity index (χ0v) is 16.4. The summed E-state index contributed by atoms with van der Waals surface area (Å²) in [5.41, 5.74) is 3.62. The Labute approximate surface area is 172 Å². The van der Waals surface area contributed by atoms with Gasteiger partial charge in [-0.25, -0.2) is 4.79 Å². The van der Waals surface area contributed by atoms with Crippen LogP contribution in [0.5, 0.6) is 5.75 Å². The number of ether oxygens (including phenoxy) is 1. The van der Waals surface area contributed by atoms with Crippen LogP contribution < -0.4 is 10.1 Å². The van der Waals surface area contributed by atoms with Crippen molar-refractivity contribution in [1.29, 1.82) is 0 Å². The third kappa shape index (κ3) is 11.1. The fraction of sp³-hybridized carbons (Fsp3) is 0.333. The van der Waals surface area contributed by atoms with Gasteiger partial charge >= 0.3 is 18.1 Å². The average Bonchev–Trinajstić information content (AvgIpc) is 2.65. The molecule has 0 saturated heterocycles. The maximum atomic E-state index is 10.6. The molecular weight excluding hydrogens is 403 g/mol. The molecule has 30 heavy (non-hydrogen) atoms. The lowest BCUT2D eigenvalue weighted by atomic mass is 10.1. The molecule has 0 atom stereocenters. The van der Waals surface area contributed by atoms with E-state index in [2.05, 4.69) is 36.5 Å². The maximum Gasteiger partial charge on any atom is 0.490 e. The van der Waals surface area contributed by atoms with E-state index in [9.17, 15) is 18.0 Å². The van der Waals surface area contributed by atoms with Crippen LogP contribution in [-0.2, 0) is 22.6 Å². The molecular formula is C21H24F3NO5. The summed E-state index contributed by atoms with van der Waals surface area (Å²) in [7, 11) is 0. The predicted molar refractivity (Wildman–Crippen MR) is 104 cm³/mol. The topological polar surface area (TPSA) is 95.9 Å². The molecule has 0 radical (unpaired) electrons. The van der Waals surface area contributed by atoms with Gasteiger partial charge in [0.15, 0.2) is 0 Å². The molecule has 0 aliphatic heterocycles. The number of hydrogen-bond donors (Lipinski definition) is 3. The van der Waals surface area contributed by atoms with Crippen molar-refractivity contribution < 1.29 is 37.7 Å². The van der Waals surface area contributed by atoms with Gasteiger partial charge in [-0.3, -0.25) is 4.79 Å². The standard InChI is InChI=1S/C19H23NO3.C2HF3O2/c1-15-4-2-5-16(12-15)9-11-23-18-7-3-6-17(13-18)14-20-10-8-19(21)22;3-2(4,5)1(6)7/h2-7,12-13,20H,8-11,14H2,1H3,(H,21,22);(H,6,7). The van der Waals surface area contributed by atoms with E-state index in [4.69, 9.17) is 19.7 Å². The molecule has 0 bridgehead atoms. The molecule has 0 aliphatic carbocycles. The molecule has 0 spiro atoms. The van der Waals surface area contributed by atoms with E-state index in [1.165, 1.54) is 11.1 Å². The molecule has 0 unspecified atom stereocenters. The summed E-state index contributed by atoms with van der Waals surface area (Å²) in [5, 5.41) is 18.8. The number of aryl methyl sites for hydroxylation is 1.